The number of H-pyrrole nitrogens is 3. The fourth-order valence-corrected chi connectivity index (χ4v) is 9.26. The Bertz CT molecular complexity index is 2590. The number of hydrogen-bond donors (Lipinski definition) is 3. The topological polar surface area (TPSA) is 73.2 Å². The van der Waals surface area contributed by atoms with Crippen LogP contribution in [0.25, 0.3) is 88.4 Å². The molecule has 0 saturated heterocycles. The molecule has 0 amide bonds. The summed E-state index contributed by atoms with van der Waals surface area (Å²) >= 11 is 0. The number of aromatic nitrogens is 5. The van der Waals surface area contributed by atoms with Crippen molar-refractivity contribution in [3.8, 4) is 22.3 Å². The number of fused-ring (bicyclic) bond motifs is 16. The van der Waals surface area contributed by atoms with E-state index in [0.717, 1.165) is 81.6 Å². The van der Waals surface area contributed by atoms with E-state index in [9.17, 15) is 0 Å². The standard InChI is InChI=1S/C46H45N5/c1-9-28-23(5)34-19-40-43-32-17-13-15-27-16-14-18-33(42(27)32)44(43)41(49-40)20-35-24(6)29(10-2)37(48-35)22-39-31(12-4)26(8)46(51-39)45-25(7)30(11-3)38(50-45)21-36(28)47-34/h13-22,49-51H,9-12H2,1-8H3. The molecule has 0 fully saturated rings. The molecule has 1 aliphatic carbocycles. The Morgan fingerprint density at radius 2 is 0.922 bits per heavy atom. The molecule has 51 heavy (non-hydrogen) atoms. The van der Waals surface area contributed by atoms with Gasteiger partial charge in [0.1, 0.15) is 0 Å². The van der Waals surface area contributed by atoms with Crippen LogP contribution in [0, 0.1) is 13.8 Å². The number of benzene rings is 2. The SMILES string of the molecule is CCC1=C(C)c2cc3[nH]c(cc4nc(cc5[nH]c(c(C)c5CC)c5[nH]c(cc1n2)c(CC)c5C)C(CC)=C4C)c1c3-c2cccc3cccc-1c23. The van der Waals surface area contributed by atoms with Gasteiger partial charge in [-0.05, 0) is 144 Å². The molecule has 3 aliphatic rings. The second-order valence-corrected chi connectivity index (χ2v) is 14.4. The number of rotatable bonds is 4. The van der Waals surface area contributed by atoms with Gasteiger partial charge in [-0.1, -0.05) is 64.1 Å². The van der Waals surface area contributed by atoms with E-state index in [2.05, 4.69) is 131 Å². The molecule has 5 nitrogen and oxygen atoms in total. The molecule has 0 spiro atoms. The summed E-state index contributed by atoms with van der Waals surface area (Å²) in [6.45, 7) is 18.0. The molecule has 0 unspecified atom stereocenters. The van der Waals surface area contributed by atoms with Crippen LogP contribution in [0.3, 0.4) is 0 Å². The Labute approximate surface area is 299 Å². The highest BCUT2D eigenvalue weighted by atomic mass is 14.8. The predicted octanol–water partition coefficient (Wildman–Crippen LogP) is 12.6. The van der Waals surface area contributed by atoms with Crippen molar-refractivity contribution in [3.05, 3.63) is 106 Å². The quantitative estimate of drug-likeness (QED) is 0.175. The van der Waals surface area contributed by atoms with E-state index in [-0.39, 0.29) is 0 Å². The Morgan fingerprint density at radius 1 is 0.490 bits per heavy atom. The van der Waals surface area contributed by atoms with Crippen molar-refractivity contribution in [2.24, 2.45) is 0 Å². The molecule has 0 saturated carbocycles. The molecule has 3 N–H and O–H groups in total. The molecule has 0 atom stereocenters. The summed E-state index contributed by atoms with van der Waals surface area (Å²) in [5.41, 5.74) is 26.3. The normalized spacial score (nSPS) is 13.6. The molecule has 10 bridgehead atoms. The fraction of sp³-hybridized carbons (Fsp3) is 0.261. The van der Waals surface area contributed by atoms with Gasteiger partial charge in [-0.3, -0.25) is 0 Å². The van der Waals surface area contributed by atoms with E-state index in [4.69, 9.17) is 9.97 Å². The number of nitrogens with zero attached hydrogens (tertiary/aromatic N) is 2. The molecule has 0 radical (unpaired) electrons. The van der Waals surface area contributed by atoms with Crippen molar-refractivity contribution in [1.82, 2.24) is 24.9 Å². The Hall–Kier alpha value is -5.42. The average molecular weight is 668 g/mol. The van der Waals surface area contributed by atoms with Crippen molar-refractivity contribution in [1.29, 1.82) is 0 Å². The first-order valence-corrected chi connectivity index (χ1v) is 18.7. The van der Waals surface area contributed by atoms with Crippen LogP contribution < -0.4 is 0 Å². The minimum atomic E-state index is 0.915. The van der Waals surface area contributed by atoms with Crippen molar-refractivity contribution >= 4 is 66.2 Å². The Kier molecular flexibility index (Phi) is 7.15. The summed E-state index contributed by atoms with van der Waals surface area (Å²) in [5.74, 6) is 0. The highest BCUT2D eigenvalue weighted by molar-refractivity contribution is 6.22. The first-order valence-electron chi connectivity index (χ1n) is 18.7. The van der Waals surface area contributed by atoms with Crippen LogP contribution in [0.5, 0.6) is 0 Å². The zero-order valence-corrected chi connectivity index (χ0v) is 31.0. The van der Waals surface area contributed by atoms with E-state index in [1.54, 1.807) is 0 Å². The number of nitrogens with one attached hydrogen (secondary N) is 3. The van der Waals surface area contributed by atoms with Crippen LogP contribution in [-0.2, 0) is 12.8 Å². The summed E-state index contributed by atoms with van der Waals surface area (Å²) in [6.07, 6.45) is 3.70. The van der Waals surface area contributed by atoms with Gasteiger partial charge >= 0.3 is 0 Å². The van der Waals surface area contributed by atoms with Crippen molar-refractivity contribution in [2.45, 2.75) is 81.1 Å². The highest BCUT2D eigenvalue weighted by Gasteiger charge is 2.27. The Balaban J connectivity index is 1.50. The molecular weight excluding hydrogens is 623 g/mol. The molecule has 9 rings (SSSR count). The maximum Gasteiger partial charge on any atom is 0.0693 e. The van der Waals surface area contributed by atoms with Gasteiger partial charge in [0.15, 0.2) is 0 Å². The monoisotopic (exact) mass is 667 g/mol. The van der Waals surface area contributed by atoms with Crippen LogP contribution in [-0.4, -0.2) is 24.9 Å². The molecular formula is C46H45N5. The first-order chi connectivity index (χ1) is 24.8. The van der Waals surface area contributed by atoms with Crippen LogP contribution in [0.15, 0.2) is 60.7 Å². The second kappa shape index (κ2) is 11.6. The van der Waals surface area contributed by atoms with Crippen molar-refractivity contribution < 1.29 is 0 Å². The van der Waals surface area contributed by atoms with E-state index in [1.807, 2.05) is 0 Å². The van der Waals surface area contributed by atoms with E-state index < -0.39 is 0 Å². The van der Waals surface area contributed by atoms with Crippen molar-refractivity contribution in [2.75, 3.05) is 0 Å². The molecule has 254 valence electrons. The lowest BCUT2D eigenvalue weighted by molar-refractivity contribution is 1.14. The lowest BCUT2D eigenvalue weighted by atomic mass is 10.0. The molecule has 6 heterocycles. The van der Waals surface area contributed by atoms with Gasteiger partial charge in [0, 0.05) is 33.2 Å². The molecule has 2 aliphatic heterocycles. The fourth-order valence-electron chi connectivity index (χ4n) is 9.26. The van der Waals surface area contributed by atoms with Crippen molar-refractivity contribution in [3.63, 3.8) is 0 Å². The maximum atomic E-state index is 5.37. The van der Waals surface area contributed by atoms with Crippen LogP contribution >= 0.6 is 0 Å². The van der Waals surface area contributed by atoms with Gasteiger partial charge in [0.25, 0.3) is 0 Å². The number of hydrogen-bond acceptors (Lipinski definition) is 2. The Morgan fingerprint density at radius 3 is 1.33 bits per heavy atom. The van der Waals surface area contributed by atoms with E-state index in [0.29, 0.717) is 0 Å². The third kappa shape index (κ3) is 4.46. The number of aromatic amines is 3. The molecule has 2 aromatic carbocycles. The molecule has 6 aromatic rings. The summed E-state index contributed by atoms with van der Waals surface area (Å²) in [7, 11) is 0. The largest absolute Gasteiger partial charge is 0.354 e. The number of allylic oxidation sites excluding steroid dienone is 4. The van der Waals surface area contributed by atoms with E-state index >= 15 is 0 Å². The summed E-state index contributed by atoms with van der Waals surface area (Å²) in [4.78, 5) is 22.4. The second-order valence-electron chi connectivity index (χ2n) is 14.4. The summed E-state index contributed by atoms with van der Waals surface area (Å²) in [5, 5.41) is 2.59. The van der Waals surface area contributed by atoms with Gasteiger partial charge in [0.2, 0.25) is 0 Å². The zero-order chi connectivity index (χ0) is 35.3. The minimum absolute atomic E-state index is 0.915. The third-order valence-electron chi connectivity index (χ3n) is 11.9. The van der Waals surface area contributed by atoms with Gasteiger partial charge < -0.3 is 15.0 Å². The third-order valence-corrected chi connectivity index (χ3v) is 11.9. The lowest BCUT2D eigenvalue weighted by Crippen LogP contribution is -1.83. The average Bonchev–Trinajstić information content (AvgIpc) is 3.94. The zero-order valence-electron chi connectivity index (χ0n) is 31.0. The first kappa shape index (κ1) is 31.6. The summed E-state index contributed by atoms with van der Waals surface area (Å²) in [6, 6.07) is 22.5. The van der Waals surface area contributed by atoms with Gasteiger partial charge in [0.05, 0.1) is 33.8 Å². The van der Waals surface area contributed by atoms with Crippen LogP contribution in [0.2, 0.25) is 0 Å². The predicted molar refractivity (Wildman–Crippen MR) is 217 cm³/mol. The van der Waals surface area contributed by atoms with Crippen LogP contribution in [0.4, 0.5) is 0 Å². The van der Waals surface area contributed by atoms with Crippen LogP contribution in [0.1, 0.15) is 99.4 Å². The van der Waals surface area contributed by atoms with E-state index in [1.165, 1.54) is 77.6 Å². The van der Waals surface area contributed by atoms with Gasteiger partial charge in [-0.15, -0.1) is 0 Å². The van der Waals surface area contributed by atoms with Gasteiger partial charge in [-0.25, -0.2) is 9.97 Å². The smallest absolute Gasteiger partial charge is 0.0693 e. The lowest BCUT2D eigenvalue weighted by Gasteiger charge is -2.03. The minimum Gasteiger partial charge on any atom is -0.354 e. The highest BCUT2D eigenvalue weighted by Crippen LogP contribution is 2.51. The summed E-state index contributed by atoms with van der Waals surface area (Å²) < 4.78 is 0. The number of aryl methyl sites for hydroxylation is 4. The maximum absolute atomic E-state index is 5.37. The molecule has 4 aromatic heterocycles. The molecule has 5 heteroatoms. The van der Waals surface area contributed by atoms with Gasteiger partial charge in [-0.2, -0.15) is 0 Å².